The number of anilines is 2. The van der Waals surface area contributed by atoms with Crippen LogP contribution in [0.5, 0.6) is 5.75 Å². The Morgan fingerprint density at radius 3 is 1.88 bits per heavy atom. The van der Waals surface area contributed by atoms with E-state index in [0.29, 0.717) is 5.56 Å². The van der Waals surface area contributed by atoms with E-state index in [4.69, 9.17) is 5.11 Å². The monoisotopic (exact) mass is 227 g/mol. The van der Waals surface area contributed by atoms with Crippen molar-refractivity contribution in [3.05, 3.63) is 54.1 Å². The van der Waals surface area contributed by atoms with Gasteiger partial charge in [-0.25, -0.2) is 0 Å². The average Bonchev–Trinajstić information content (AvgIpc) is 2.33. The average molecular weight is 227 g/mol. The highest BCUT2D eigenvalue weighted by atomic mass is 16.3. The number of benzene rings is 2. The van der Waals surface area contributed by atoms with Gasteiger partial charge in [0.1, 0.15) is 5.75 Å². The maximum Gasteiger partial charge on any atom is 0.159 e. The number of phenols is 1. The maximum absolute atomic E-state index is 11.1. The zero-order valence-corrected chi connectivity index (χ0v) is 9.47. The van der Waals surface area contributed by atoms with Gasteiger partial charge in [0.2, 0.25) is 0 Å². The van der Waals surface area contributed by atoms with Crippen LogP contribution in [-0.2, 0) is 0 Å². The van der Waals surface area contributed by atoms with Crippen LogP contribution in [0.1, 0.15) is 17.3 Å². The Morgan fingerprint density at radius 2 is 1.41 bits per heavy atom. The van der Waals surface area contributed by atoms with E-state index in [2.05, 4.69) is 5.32 Å². The van der Waals surface area contributed by atoms with E-state index in [0.717, 1.165) is 11.4 Å². The lowest BCUT2D eigenvalue weighted by Crippen LogP contribution is -1.93. The third kappa shape index (κ3) is 2.84. The molecule has 2 N–H and O–H groups in total. The molecule has 0 saturated carbocycles. The number of hydrogen-bond donors (Lipinski definition) is 2. The summed E-state index contributed by atoms with van der Waals surface area (Å²) in [5.41, 5.74) is 2.49. The summed E-state index contributed by atoms with van der Waals surface area (Å²) in [5, 5.41) is 12.3. The first-order valence-corrected chi connectivity index (χ1v) is 5.32. The summed E-state index contributed by atoms with van der Waals surface area (Å²) in [6, 6.07) is 14.1. The van der Waals surface area contributed by atoms with Crippen LogP contribution in [0.15, 0.2) is 48.5 Å². The van der Waals surface area contributed by atoms with Crippen molar-refractivity contribution in [3.8, 4) is 5.75 Å². The number of phenolic OH excluding ortho intramolecular Hbond substituents is 1. The first kappa shape index (κ1) is 11.2. The standard InChI is InChI=1S/C14H13NO2/c1-10(16)11-2-4-12(5-3-11)15-13-6-8-14(17)9-7-13/h2-9,15,17H,1H3. The van der Waals surface area contributed by atoms with Crippen molar-refractivity contribution in [2.24, 2.45) is 0 Å². The van der Waals surface area contributed by atoms with Gasteiger partial charge in [0.15, 0.2) is 5.78 Å². The first-order chi connectivity index (χ1) is 8.15. The molecule has 2 aromatic rings. The SMILES string of the molecule is CC(=O)c1ccc(Nc2ccc(O)cc2)cc1. The Morgan fingerprint density at radius 1 is 0.941 bits per heavy atom. The van der Waals surface area contributed by atoms with Crippen molar-refractivity contribution in [1.29, 1.82) is 0 Å². The molecule has 0 aliphatic carbocycles. The van der Waals surface area contributed by atoms with Crippen LogP contribution in [0.2, 0.25) is 0 Å². The van der Waals surface area contributed by atoms with Crippen molar-refractivity contribution in [3.63, 3.8) is 0 Å². The molecule has 3 heteroatoms. The molecule has 0 aliphatic heterocycles. The Hall–Kier alpha value is -2.29. The summed E-state index contributed by atoms with van der Waals surface area (Å²) < 4.78 is 0. The lowest BCUT2D eigenvalue weighted by Gasteiger charge is -2.06. The van der Waals surface area contributed by atoms with Gasteiger partial charge in [0.05, 0.1) is 0 Å². The van der Waals surface area contributed by atoms with Crippen LogP contribution >= 0.6 is 0 Å². The Kier molecular flexibility index (Phi) is 3.10. The van der Waals surface area contributed by atoms with E-state index in [1.807, 2.05) is 12.1 Å². The lowest BCUT2D eigenvalue weighted by molar-refractivity contribution is 0.101. The molecule has 0 bridgehead atoms. The molecule has 0 unspecified atom stereocenters. The Balaban J connectivity index is 2.13. The van der Waals surface area contributed by atoms with Gasteiger partial charge < -0.3 is 10.4 Å². The van der Waals surface area contributed by atoms with Gasteiger partial charge >= 0.3 is 0 Å². The number of carbonyl (C=O) groups is 1. The van der Waals surface area contributed by atoms with E-state index >= 15 is 0 Å². The molecular weight excluding hydrogens is 214 g/mol. The molecule has 0 aliphatic rings. The van der Waals surface area contributed by atoms with Crippen LogP contribution in [0.25, 0.3) is 0 Å². The van der Waals surface area contributed by atoms with E-state index in [1.54, 1.807) is 43.3 Å². The van der Waals surface area contributed by atoms with Gasteiger partial charge in [-0.15, -0.1) is 0 Å². The second-order valence-electron chi connectivity index (χ2n) is 3.81. The fraction of sp³-hybridized carbons (Fsp3) is 0.0714. The molecule has 17 heavy (non-hydrogen) atoms. The Labute approximate surface area is 99.7 Å². The minimum atomic E-state index is 0.0567. The number of ketones is 1. The predicted octanol–water partition coefficient (Wildman–Crippen LogP) is 3.34. The topological polar surface area (TPSA) is 49.3 Å². The highest BCUT2D eigenvalue weighted by molar-refractivity contribution is 5.94. The van der Waals surface area contributed by atoms with Crippen LogP contribution in [-0.4, -0.2) is 10.9 Å². The normalized spacial score (nSPS) is 9.94. The van der Waals surface area contributed by atoms with E-state index in [9.17, 15) is 4.79 Å². The molecule has 0 amide bonds. The first-order valence-electron chi connectivity index (χ1n) is 5.32. The number of carbonyl (C=O) groups excluding carboxylic acids is 1. The van der Waals surface area contributed by atoms with Crippen molar-refractivity contribution in [2.45, 2.75) is 6.92 Å². The molecule has 3 nitrogen and oxygen atoms in total. The largest absolute Gasteiger partial charge is 0.508 e. The molecule has 0 spiro atoms. The summed E-state index contributed by atoms with van der Waals surface area (Å²) in [5.74, 6) is 0.295. The van der Waals surface area contributed by atoms with Crippen LogP contribution in [0.3, 0.4) is 0 Å². The minimum absolute atomic E-state index is 0.0567. The fourth-order valence-electron chi connectivity index (χ4n) is 1.50. The summed E-state index contributed by atoms with van der Waals surface area (Å²) in [6.07, 6.45) is 0. The lowest BCUT2D eigenvalue weighted by atomic mass is 10.1. The zero-order chi connectivity index (χ0) is 12.3. The van der Waals surface area contributed by atoms with E-state index in [1.165, 1.54) is 0 Å². The highest BCUT2D eigenvalue weighted by Crippen LogP contribution is 2.19. The molecule has 86 valence electrons. The summed E-state index contributed by atoms with van der Waals surface area (Å²) in [7, 11) is 0. The van der Waals surface area contributed by atoms with E-state index in [-0.39, 0.29) is 11.5 Å². The maximum atomic E-state index is 11.1. The molecule has 0 atom stereocenters. The van der Waals surface area contributed by atoms with Crippen molar-refractivity contribution >= 4 is 17.2 Å². The van der Waals surface area contributed by atoms with E-state index < -0.39 is 0 Å². The third-order valence-electron chi connectivity index (χ3n) is 2.45. The van der Waals surface area contributed by atoms with Crippen LogP contribution in [0.4, 0.5) is 11.4 Å². The van der Waals surface area contributed by atoms with Gasteiger partial charge in [-0.05, 0) is 55.5 Å². The molecule has 0 aromatic heterocycles. The van der Waals surface area contributed by atoms with Crippen molar-refractivity contribution in [2.75, 3.05) is 5.32 Å². The van der Waals surface area contributed by atoms with Gasteiger partial charge in [0.25, 0.3) is 0 Å². The molecule has 0 fully saturated rings. The second kappa shape index (κ2) is 4.70. The zero-order valence-electron chi connectivity index (χ0n) is 9.47. The van der Waals surface area contributed by atoms with Crippen LogP contribution < -0.4 is 5.32 Å². The predicted molar refractivity (Wildman–Crippen MR) is 67.8 cm³/mol. The van der Waals surface area contributed by atoms with Gasteiger partial charge in [-0.1, -0.05) is 0 Å². The number of Topliss-reactive ketones (excluding diaryl/α,β-unsaturated/α-hetero) is 1. The summed E-state index contributed by atoms with van der Waals surface area (Å²) in [4.78, 5) is 11.1. The van der Waals surface area contributed by atoms with Crippen molar-refractivity contribution < 1.29 is 9.90 Å². The van der Waals surface area contributed by atoms with Gasteiger partial charge in [-0.3, -0.25) is 4.79 Å². The third-order valence-corrected chi connectivity index (χ3v) is 2.45. The number of hydrogen-bond acceptors (Lipinski definition) is 3. The summed E-state index contributed by atoms with van der Waals surface area (Å²) >= 11 is 0. The molecule has 0 saturated heterocycles. The van der Waals surface area contributed by atoms with Gasteiger partial charge in [0, 0.05) is 16.9 Å². The number of nitrogens with one attached hydrogen (secondary N) is 1. The number of aromatic hydroxyl groups is 1. The molecule has 0 radical (unpaired) electrons. The van der Waals surface area contributed by atoms with Crippen LogP contribution in [0, 0.1) is 0 Å². The quantitative estimate of drug-likeness (QED) is 0.624. The molecule has 2 aromatic carbocycles. The second-order valence-corrected chi connectivity index (χ2v) is 3.81. The molecule has 0 heterocycles. The minimum Gasteiger partial charge on any atom is -0.508 e. The number of rotatable bonds is 3. The van der Waals surface area contributed by atoms with Crippen molar-refractivity contribution in [1.82, 2.24) is 0 Å². The fourth-order valence-corrected chi connectivity index (χ4v) is 1.50. The summed E-state index contributed by atoms with van der Waals surface area (Å²) in [6.45, 7) is 1.54. The highest BCUT2D eigenvalue weighted by Gasteiger charge is 1.99. The van der Waals surface area contributed by atoms with Gasteiger partial charge in [-0.2, -0.15) is 0 Å². The smallest absolute Gasteiger partial charge is 0.159 e. The Bertz CT molecular complexity index is 515. The molecule has 2 rings (SSSR count). The molecular formula is C14H13NO2.